The Labute approximate surface area is 208 Å². The predicted molar refractivity (Wildman–Crippen MR) is 131 cm³/mol. The summed E-state index contributed by atoms with van der Waals surface area (Å²) in [4.78, 5) is 37.4. The molecule has 2 aliphatic heterocycles. The molecular weight excluding hydrogens is 511 g/mol. The molecule has 0 saturated carbocycles. The number of nitrogens with one attached hydrogen (secondary N) is 2. The molecule has 4 rings (SSSR count). The number of hydrogen-bond donors (Lipinski definition) is 4. The van der Waals surface area contributed by atoms with Crippen LogP contribution in [0.4, 0.5) is 10.3 Å². The van der Waals surface area contributed by atoms with E-state index in [0.29, 0.717) is 21.9 Å². The molecule has 0 atom stereocenters. The van der Waals surface area contributed by atoms with Crippen LogP contribution in [0.15, 0.2) is 67.6 Å². The van der Waals surface area contributed by atoms with E-state index in [0.717, 1.165) is 0 Å². The number of amidine groups is 4. The molecule has 4 heterocycles. The molecule has 12 nitrogen and oxygen atoms in total. The Morgan fingerprint density at radius 2 is 1.12 bits per heavy atom. The fourth-order valence-electron chi connectivity index (χ4n) is 1.79. The number of dihydropyridines is 2. The van der Waals surface area contributed by atoms with Gasteiger partial charge in [-0.05, 0) is 24.3 Å². The number of carbonyl (C=O) groups excluding carboxylic acids is 2. The number of nitrogens with two attached hydrogens (primary N) is 2. The van der Waals surface area contributed by atoms with Crippen molar-refractivity contribution in [3.63, 3.8) is 0 Å². The Balaban J connectivity index is 0.000000569. The summed E-state index contributed by atoms with van der Waals surface area (Å²) in [5, 5.41) is 12.8. The third-order valence-corrected chi connectivity index (χ3v) is 4.49. The zero-order valence-corrected chi connectivity index (χ0v) is 20.0. The first-order valence-electron chi connectivity index (χ1n) is 8.11. The van der Waals surface area contributed by atoms with Crippen molar-refractivity contribution < 1.29 is 26.1 Å². The van der Waals surface area contributed by atoms with E-state index in [4.69, 9.17) is 11.5 Å². The van der Waals surface area contributed by atoms with Crippen LogP contribution in [0.2, 0.25) is 0 Å². The van der Waals surface area contributed by atoms with Gasteiger partial charge in [0.2, 0.25) is 21.8 Å². The van der Waals surface area contributed by atoms with Gasteiger partial charge in [-0.2, -0.15) is 10.2 Å². The summed E-state index contributed by atoms with van der Waals surface area (Å²) in [7, 11) is 0. The maximum Gasteiger partial charge on any atom is 2.00 e. The molecular formula is C18H20N10NiO2S2. The molecule has 6 N–H and O–H groups in total. The number of thiazole rings is 2. The maximum absolute atomic E-state index is 10.9. The Morgan fingerprint density at radius 1 is 0.727 bits per heavy atom. The van der Waals surface area contributed by atoms with E-state index in [2.05, 4.69) is 41.0 Å². The number of aromatic nitrogens is 2. The minimum Gasteiger partial charge on any atom is -0.380 e. The van der Waals surface area contributed by atoms with E-state index in [9.17, 15) is 9.59 Å². The van der Waals surface area contributed by atoms with Gasteiger partial charge in [-0.3, -0.25) is 20.4 Å². The molecule has 0 spiro atoms. The van der Waals surface area contributed by atoms with Gasteiger partial charge in [-0.1, -0.05) is 0 Å². The summed E-state index contributed by atoms with van der Waals surface area (Å²) in [6.45, 7) is 0. The SMILES string of the molecule is NC1=NC(=NNc2nccs2)C=CC1=O.NC1=NC(=NNc2nccs2)C=CC1=O.[CH3-].[CH3-].[Ni+2]. The van der Waals surface area contributed by atoms with Gasteiger partial charge in [0.1, 0.15) is 0 Å². The standard InChI is InChI=1S/2C8H7N5OS.2CH3.Ni/c2*9-7-5(14)1-2-6(11-7)12-13-8-10-3-4-15-8;;;/h2*1-4H,(H,10,13)(H2,9,11,12);2*1H3;/q;;2*-1;+2. The summed E-state index contributed by atoms with van der Waals surface area (Å²) < 4.78 is 0. The first-order valence-corrected chi connectivity index (χ1v) is 9.87. The van der Waals surface area contributed by atoms with Gasteiger partial charge in [-0.15, -0.1) is 22.7 Å². The molecule has 15 heteroatoms. The molecule has 0 unspecified atom stereocenters. The van der Waals surface area contributed by atoms with Crippen molar-refractivity contribution in [2.24, 2.45) is 31.7 Å². The molecule has 0 radical (unpaired) electrons. The van der Waals surface area contributed by atoms with Gasteiger partial charge in [0, 0.05) is 23.2 Å². The second kappa shape index (κ2) is 14.5. The van der Waals surface area contributed by atoms with E-state index < -0.39 is 0 Å². The van der Waals surface area contributed by atoms with Crippen LogP contribution in [0.1, 0.15) is 0 Å². The van der Waals surface area contributed by atoms with Gasteiger partial charge >= 0.3 is 16.5 Å². The third-order valence-electron chi connectivity index (χ3n) is 3.14. The van der Waals surface area contributed by atoms with Crippen molar-refractivity contribution in [2.75, 3.05) is 10.9 Å². The molecule has 0 aliphatic carbocycles. The summed E-state index contributed by atoms with van der Waals surface area (Å²) in [6.07, 6.45) is 8.93. The first-order chi connectivity index (χ1) is 14.5. The summed E-state index contributed by atoms with van der Waals surface area (Å²) >= 11 is 2.83. The van der Waals surface area contributed by atoms with Crippen molar-refractivity contribution in [3.8, 4) is 0 Å². The number of ketones is 2. The van der Waals surface area contributed by atoms with E-state index in [1.54, 1.807) is 12.4 Å². The average Bonchev–Trinajstić information content (AvgIpc) is 3.44. The van der Waals surface area contributed by atoms with E-state index in [1.807, 2.05) is 10.8 Å². The number of nitrogens with zero attached hydrogens (tertiary/aromatic N) is 6. The monoisotopic (exact) mass is 530 g/mol. The van der Waals surface area contributed by atoms with Crippen LogP contribution in [-0.4, -0.2) is 44.9 Å². The maximum atomic E-state index is 10.9. The molecule has 33 heavy (non-hydrogen) atoms. The Bertz CT molecular complexity index is 1020. The van der Waals surface area contributed by atoms with Crippen LogP contribution in [0.5, 0.6) is 0 Å². The summed E-state index contributed by atoms with van der Waals surface area (Å²) in [5.74, 6) is -0.0228. The summed E-state index contributed by atoms with van der Waals surface area (Å²) in [5.41, 5.74) is 16.1. The summed E-state index contributed by atoms with van der Waals surface area (Å²) in [6, 6.07) is 0. The molecule has 0 saturated heterocycles. The van der Waals surface area contributed by atoms with Crippen molar-refractivity contribution in [3.05, 3.63) is 62.3 Å². The second-order valence-corrected chi connectivity index (χ2v) is 7.02. The van der Waals surface area contributed by atoms with Gasteiger partial charge in [-0.25, -0.2) is 20.0 Å². The van der Waals surface area contributed by atoms with Crippen molar-refractivity contribution in [2.45, 2.75) is 0 Å². The molecule has 0 amide bonds. The second-order valence-electron chi connectivity index (χ2n) is 5.23. The molecule has 2 aliphatic rings. The van der Waals surface area contributed by atoms with Crippen molar-refractivity contribution in [1.29, 1.82) is 0 Å². The average molecular weight is 531 g/mol. The van der Waals surface area contributed by atoms with Crippen LogP contribution < -0.4 is 22.3 Å². The molecule has 0 bridgehead atoms. The Hall–Kier alpha value is -3.55. The Morgan fingerprint density at radius 3 is 1.42 bits per heavy atom. The molecule has 0 aromatic carbocycles. The quantitative estimate of drug-likeness (QED) is 0.260. The van der Waals surface area contributed by atoms with E-state index in [-0.39, 0.29) is 54.6 Å². The van der Waals surface area contributed by atoms with Crippen LogP contribution >= 0.6 is 22.7 Å². The Kier molecular flexibility index (Phi) is 12.9. The molecule has 2 aromatic heterocycles. The largest absolute Gasteiger partial charge is 2.00 e. The molecule has 2 aromatic rings. The normalized spacial score (nSPS) is 16.4. The smallest absolute Gasteiger partial charge is 0.380 e. The van der Waals surface area contributed by atoms with Gasteiger partial charge < -0.3 is 26.3 Å². The topological polar surface area (TPSA) is 185 Å². The minimum absolute atomic E-state index is 0. The number of anilines is 2. The first kappa shape index (κ1) is 29.5. The van der Waals surface area contributed by atoms with Crippen LogP contribution in [0, 0.1) is 14.9 Å². The fraction of sp³-hybridized carbons (Fsp3) is 0. The van der Waals surface area contributed by atoms with Gasteiger partial charge in [0.15, 0.2) is 23.3 Å². The molecule has 176 valence electrons. The predicted octanol–water partition coefficient (Wildman–Crippen LogP) is 1.63. The third kappa shape index (κ3) is 9.23. The van der Waals surface area contributed by atoms with Gasteiger partial charge in [0.25, 0.3) is 0 Å². The number of rotatable bonds is 4. The van der Waals surface area contributed by atoms with E-state index >= 15 is 0 Å². The number of hydrazone groups is 2. The number of carbonyl (C=O) groups is 2. The zero-order chi connectivity index (χ0) is 21.3. The van der Waals surface area contributed by atoms with Crippen LogP contribution in [0.3, 0.4) is 0 Å². The van der Waals surface area contributed by atoms with Crippen LogP contribution in [0.25, 0.3) is 0 Å². The fourth-order valence-corrected chi connectivity index (χ4v) is 2.74. The van der Waals surface area contributed by atoms with Gasteiger partial charge in [0.05, 0.1) is 0 Å². The van der Waals surface area contributed by atoms with Crippen LogP contribution in [-0.2, 0) is 26.1 Å². The van der Waals surface area contributed by atoms with Crippen molar-refractivity contribution in [1.82, 2.24) is 9.97 Å². The van der Waals surface area contributed by atoms with Crippen molar-refractivity contribution >= 4 is 67.8 Å². The van der Waals surface area contributed by atoms with E-state index in [1.165, 1.54) is 47.0 Å². The number of hydrogen-bond acceptors (Lipinski definition) is 12. The number of aliphatic imine (C=N–C) groups is 2. The minimum atomic E-state index is -0.303. The molecule has 0 fully saturated rings. The zero-order valence-electron chi connectivity index (χ0n) is 17.4.